The summed E-state index contributed by atoms with van der Waals surface area (Å²) in [4.78, 5) is 4.15. The Kier molecular flexibility index (Phi) is 9.21. The van der Waals surface area contributed by atoms with Gasteiger partial charge in [-0.25, -0.2) is 0 Å². The molecule has 0 aromatic rings. The van der Waals surface area contributed by atoms with Gasteiger partial charge in [0.2, 0.25) is 0 Å². The lowest BCUT2D eigenvalue weighted by Gasteiger charge is -2.08. The molecule has 90 valence electrons. The summed E-state index contributed by atoms with van der Waals surface area (Å²) in [5.41, 5.74) is 5.62. The van der Waals surface area contributed by atoms with Gasteiger partial charge < -0.3 is 20.5 Å². The molecule has 0 aromatic heterocycles. The van der Waals surface area contributed by atoms with Crippen molar-refractivity contribution in [3.63, 3.8) is 0 Å². The summed E-state index contributed by atoms with van der Waals surface area (Å²) >= 11 is 0. The van der Waals surface area contributed by atoms with Gasteiger partial charge in [-0.15, -0.1) is 0 Å². The maximum absolute atomic E-state index is 5.62. The Labute approximate surface area is 92.0 Å². The first kappa shape index (κ1) is 14.2. The highest BCUT2D eigenvalue weighted by Gasteiger charge is 1.94. The molecule has 0 aliphatic carbocycles. The summed E-state index contributed by atoms with van der Waals surface area (Å²) < 4.78 is 10.1. The Morgan fingerprint density at radius 1 is 1.33 bits per heavy atom. The van der Waals surface area contributed by atoms with E-state index in [0.29, 0.717) is 38.4 Å². The lowest BCUT2D eigenvalue weighted by molar-refractivity contribution is 0.0702. The molecule has 0 saturated carbocycles. The highest BCUT2D eigenvalue weighted by Crippen LogP contribution is 1.85. The van der Waals surface area contributed by atoms with Crippen LogP contribution in [0.25, 0.3) is 0 Å². The Bertz CT molecular complexity index is 172. The van der Waals surface area contributed by atoms with Crippen molar-refractivity contribution in [1.82, 2.24) is 5.32 Å². The summed E-state index contributed by atoms with van der Waals surface area (Å²) in [7, 11) is 1.66. The van der Waals surface area contributed by atoms with Gasteiger partial charge in [0.1, 0.15) is 0 Å². The first-order chi connectivity index (χ1) is 7.16. The Balaban J connectivity index is 3.28. The van der Waals surface area contributed by atoms with Crippen LogP contribution in [-0.4, -0.2) is 45.5 Å². The van der Waals surface area contributed by atoms with Gasteiger partial charge in [0.25, 0.3) is 0 Å². The zero-order chi connectivity index (χ0) is 11.5. The molecular weight excluding hydrogens is 194 g/mol. The predicted octanol–water partition coefficient (Wildman–Crippen LogP) is 0.352. The van der Waals surface area contributed by atoms with Gasteiger partial charge in [0, 0.05) is 26.3 Å². The standard InChI is InChI=1S/C10H23N3O2/c1-9(2)13-10(11)12-5-4-6-15-8-7-14-3/h9H,4-8H2,1-3H3,(H3,11,12,13). The SMILES string of the molecule is COCCOCCCN=C(N)NC(C)C. The third-order valence-corrected chi connectivity index (χ3v) is 1.60. The summed E-state index contributed by atoms with van der Waals surface area (Å²) in [6.45, 7) is 6.72. The van der Waals surface area contributed by atoms with E-state index in [9.17, 15) is 0 Å². The van der Waals surface area contributed by atoms with Gasteiger partial charge in [0.05, 0.1) is 13.2 Å². The molecule has 5 nitrogen and oxygen atoms in total. The molecule has 0 aliphatic rings. The molecule has 0 rings (SSSR count). The Hall–Kier alpha value is -0.810. The summed E-state index contributed by atoms with van der Waals surface area (Å²) in [6, 6.07) is 0.326. The van der Waals surface area contributed by atoms with Crippen LogP contribution in [0.1, 0.15) is 20.3 Å². The van der Waals surface area contributed by atoms with Crippen molar-refractivity contribution < 1.29 is 9.47 Å². The number of hydrogen-bond donors (Lipinski definition) is 2. The van der Waals surface area contributed by atoms with Gasteiger partial charge >= 0.3 is 0 Å². The maximum atomic E-state index is 5.62. The van der Waals surface area contributed by atoms with Crippen LogP contribution >= 0.6 is 0 Å². The summed E-state index contributed by atoms with van der Waals surface area (Å²) in [6.07, 6.45) is 0.879. The fourth-order valence-corrected chi connectivity index (χ4v) is 0.952. The van der Waals surface area contributed by atoms with Crippen LogP contribution < -0.4 is 11.1 Å². The molecule has 0 fully saturated rings. The van der Waals surface area contributed by atoms with Gasteiger partial charge in [-0.3, -0.25) is 4.99 Å². The summed E-state index contributed by atoms with van der Waals surface area (Å²) in [5, 5.41) is 3.02. The number of nitrogens with zero attached hydrogens (tertiary/aromatic N) is 1. The van der Waals surface area contributed by atoms with Crippen molar-refractivity contribution in [3.8, 4) is 0 Å². The molecule has 0 heterocycles. The lowest BCUT2D eigenvalue weighted by Crippen LogP contribution is -2.36. The van der Waals surface area contributed by atoms with Gasteiger partial charge in [-0.05, 0) is 20.3 Å². The highest BCUT2D eigenvalue weighted by molar-refractivity contribution is 5.77. The molecule has 0 radical (unpaired) electrons. The molecule has 15 heavy (non-hydrogen) atoms. The van der Waals surface area contributed by atoms with E-state index in [4.69, 9.17) is 15.2 Å². The fraction of sp³-hybridized carbons (Fsp3) is 0.900. The van der Waals surface area contributed by atoms with Crippen LogP contribution in [0.2, 0.25) is 0 Å². The van der Waals surface area contributed by atoms with E-state index in [1.807, 2.05) is 13.8 Å². The molecule has 0 aromatic carbocycles. The van der Waals surface area contributed by atoms with E-state index in [1.165, 1.54) is 0 Å². The number of nitrogens with two attached hydrogens (primary N) is 1. The van der Waals surface area contributed by atoms with Crippen molar-refractivity contribution in [2.75, 3.05) is 33.5 Å². The molecule has 0 bridgehead atoms. The Morgan fingerprint density at radius 2 is 2.07 bits per heavy atom. The molecular formula is C10H23N3O2. The number of aliphatic imine (C=N–C) groups is 1. The lowest BCUT2D eigenvalue weighted by atomic mass is 10.4. The predicted molar refractivity (Wildman–Crippen MR) is 62.1 cm³/mol. The van der Waals surface area contributed by atoms with E-state index >= 15 is 0 Å². The normalized spacial score (nSPS) is 12.1. The van der Waals surface area contributed by atoms with Gasteiger partial charge in [0.15, 0.2) is 5.96 Å². The summed E-state index contributed by atoms with van der Waals surface area (Å²) in [5.74, 6) is 0.502. The zero-order valence-corrected chi connectivity index (χ0v) is 9.95. The van der Waals surface area contributed by atoms with E-state index in [1.54, 1.807) is 7.11 Å². The number of hydrogen-bond acceptors (Lipinski definition) is 3. The van der Waals surface area contributed by atoms with Crippen molar-refractivity contribution in [3.05, 3.63) is 0 Å². The zero-order valence-electron chi connectivity index (χ0n) is 9.95. The molecule has 3 N–H and O–H groups in total. The van der Waals surface area contributed by atoms with Crippen LogP contribution in [0.4, 0.5) is 0 Å². The number of guanidine groups is 1. The second-order valence-corrected chi connectivity index (χ2v) is 3.52. The van der Waals surface area contributed by atoms with Gasteiger partial charge in [-0.2, -0.15) is 0 Å². The van der Waals surface area contributed by atoms with Crippen molar-refractivity contribution in [2.24, 2.45) is 10.7 Å². The van der Waals surface area contributed by atoms with E-state index < -0.39 is 0 Å². The Morgan fingerprint density at radius 3 is 2.67 bits per heavy atom. The third-order valence-electron chi connectivity index (χ3n) is 1.60. The van der Waals surface area contributed by atoms with E-state index in [0.717, 1.165) is 6.42 Å². The first-order valence-corrected chi connectivity index (χ1v) is 5.30. The number of nitrogens with one attached hydrogen (secondary N) is 1. The van der Waals surface area contributed by atoms with E-state index in [2.05, 4.69) is 10.3 Å². The molecule has 0 aliphatic heterocycles. The molecule has 0 saturated heterocycles. The van der Waals surface area contributed by atoms with E-state index in [-0.39, 0.29) is 0 Å². The number of methoxy groups -OCH3 is 1. The third kappa shape index (κ3) is 11.1. The second kappa shape index (κ2) is 9.73. The number of rotatable bonds is 8. The minimum Gasteiger partial charge on any atom is -0.382 e. The molecule has 0 atom stereocenters. The molecule has 0 amide bonds. The maximum Gasteiger partial charge on any atom is 0.188 e. The molecule has 0 unspecified atom stereocenters. The number of ether oxygens (including phenoxy) is 2. The van der Waals surface area contributed by atoms with Crippen LogP contribution in [0, 0.1) is 0 Å². The van der Waals surface area contributed by atoms with Crippen LogP contribution in [-0.2, 0) is 9.47 Å². The van der Waals surface area contributed by atoms with Crippen molar-refractivity contribution in [2.45, 2.75) is 26.3 Å². The topological polar surface area (TPSA) is 68.9 Å². The minimum atomic E-state index is 0.326. The molecule has 5 heteroatoms. The first-order valence-electron chi connectivity index (χ1n) is 5.30. The van der Waals surface area contributed by atoms with Crippen molar-refractivity contribution >= 4 is 5.96 Å². The monoisotopic (exact) mass is 217 g/mol. The smallest absolute Gasteiger partial charge is 0.188 e. The van der Waals surface area contributed by atoms with Crippen LogP contribution in [0.5, 0.6) is 0 Å². The minimum absolute atomic E-state index is 0.326. The van der Waals surface area contributed by atoms with Crippen LogP contribution in [0.3, 0.4) is 0 Å². The van der Waals surface area contributed by atoms with Crippen LogP contribution in [0.15, 0.2) is 4.99 Å². The fourth-order valence-electron chi connectivity index (χ4n) is 0.952. The van der Waals surface area contributed by atoms with Crippen molar-refractivity contribution in [1.29, 1.82) is 0 Å². The average molecular weight is 217 g/mol. The second-order valence-electron chi connectivity index (χ2n) is 3.52. The van der Waals surface area contributed by atoms with Gasteiger partial charge in [-0.1, -0.05) is 0 Å². The largest absolute Gasteiger partial charge is 0.382 e. The quantitative estimate of drug-likeness (QED) is 0.350. The molecule has 0 spiro atoms. The highest BCUT2D eigenvalue weighted by atomic mass is 16.5. The average Bonchev–Trinajstić information content (AvgIpc) is 2.15.